The molecule has 0 aromatic heterocycles. The Morgan fingerprint density at radius 3 is 1.79 bits per heavy atom. The first-order valence-corrected chi connectivity index (χ1v) is 34.2. The molecule has 2 atom stereocenters. The van der Waals surface area contributed by atoms with E-state index in [0.29, 0.717) is 11.8 Å². The van der Waals surface area contributed by atoms with Gasteiger partial charge in [-0.05, 0) is 0 Å². The van der Waals surface area contributed by atoms with Gasteiger partial charge in [-0.3, -0.25) is 0 Å². The first kappa shape index (κ1) is 35.9. The van der Waals surface area contributed by atoms with Crippen LogP contribution in [-0.2, 0) is 21.0 Å². The van der Waals surface area contributed by atoms with Gasteiger partial charge in [0, 0.05) is 0 Å². The van der Waals surface area contributed by atoms with E-state index in [1.54, 1.807) is 0 Å². The summed E-state index contributed by atoms with van der Waals surface area (Å²) in [6, 6.07) is 29.9. The molecule has 251 valence electrons. The molecule has 0 spiro atoms. The molecule has 0 saturated carbocycles. The van der Waals surface area contributed by atoms with E-state index in [1.807, 2.05) is 0 Å². The van der Waals surface area contributed by atoms with E-state index in [1.165, 1.54) is 72.3 Å². The van der Waals surface area contributed by atoms with Crippen molar-refractivity contribution >= 4 is 35.1 Å². The van der Waals surface area contributed by atoms with E-state index in [9.17, 15) is 0 Å². The Labute approximate surface area is 299 Å². The summed E-state index contributed by atoms with van der Waals surface area (Å²) in [6.07, 6.45) is 4.93. The van der Waals surface area contributed by atoms with Crippen molar-refractivity contribution in [3.63, 3.8) is 0 Å². The van der Waals surface area contributed by atoms with Crippen LogP contribution in [0.1, 0.15) is 108 Å². The van der Waals surface area contributed by atoms with Gasteiger partial charge in [-0.2, -0.15) is 0 Å². The molecular formula is C44H53Cl2SiZr. The van der Waals surface area contributed by atoms with Gasteiger partial charge in [0.05, 0.1) is 0 Å². The SMILES string of the molecule is CC1=Cc2c(-c3ccc(C(C)C)cc3)ccc(C)c2[CH]1[Zr]([Cl])([Cl])([CH]1C(C(C)C)=Cc2c(-c3ccc(C(C)(C)C)cc3)cccc21)[SiH](C)C. The van der Waals surface area contributed by atoms with Crippen molar-refractivity contribution in [2.75, 3.05) is 0 Å². The normalized spacial score (nSPS) is 18.5. The summed E-state index contributed by atoms with van der Waals surface area (Å²) >= 11 is -4.85. The summed E-state index contributed by atoms with van der Waals surface area (Å²) in [4.78, 5) is 0. The Balaban J connectivity index is 1.55. The number of halogens is 2. The quantitative estimate of drug-likeness (QED) is 0.164. The van der Waals surface area contributed by atoms with Crippen LogP contribution in [0.5, 0.6) is 0 Å². The van der Waals surface area contributed by atoms with Crippen LogP contribution in [0.2, 0.25) is 13.1 Å². The third kappa shape index (κ3) is 5.76. The zero-order valence-corrected chi connectivity index (χ0v) is 35.9. The molecule has 0 radical (unpaired) electrons. The fourth-order valence-electron chi connectivity index (χ4n) is 8.61. The van der Waals surface area contributed by atoms with E-state index in [4.69, 9.17) is 17.0 Å². The molecule has 0 amide bonds. The van der Waals surface area contributed by atoms with E-state index >= 15 is 0 Å². The Bertz CT molecular complexity index is 1940. The maximum atomic E-state index is 8.68. The minimum absolute atomic E-state index is 0.0814. The Kier molecular flexibility index (Phi) is 9.46. The molecule has 0 nitrogen and oxygen atoms in total. The average molecular weight is 772 g/mol. The predicted molar refractivity (Wildman–Crippen MR) is 214 cm³/mol. The third-order valence-corrected chi connectivity index (χ3v) is 63.5. The van der Waals surface area contributed by atoms with Crippen molar-refractivity contribution in [1.29, 1.82) is 0 Å². The van der Waals surface area contributed by atoms with Gasteiger partial charge < -0.3 is 0 Å². The Morgan fingerprint density at radius 1 is 0.667 bits per heavy atom. The van der Waals surface area contributed by atoms with E-state index < -0.39 is 21.5 Å². The number of benzene rings is 4. The van der Waals surface area contributed by atoms with Gasteiger partial charge in [0.1, 0.15) is 0 Å². The van der Waals surface area contributed by atoms with Crippen LogP contribution < -0.4 is 0 Å². The molecule has 0 aliphatic heterocycles. The van der Waals surface area contributed by atoms with Crippen LogP contribution in [0, 0.1) is 12.8 Å². The van der Waals surface area contributed by atoms with Crippen LogP contribution in [0.25, 0.3) is 34.4 Å². The maximum absolute atomic E-state index is 8.68. The molecule has 0 fully saturated rings. The first-order chi connectivity index (χ1) is 22.4. The summed E-state index contributed by atoms with van der Waals surface area (Å²) in [5.74, 6) is -0.794. The summed E-state index contributed by atoms with van der Waals surface area (Å²) < 4.78 is 0.164. The second-order valence-corrected chi connectivity index (χ2v) is 59.1. The fourth-order valence-corrected chi connectivity index (χ4v) is 40.9. The number of hydrogen-bond donors (Lipinski definition) is 0. The van der Waals surface area contributed by atoms with E-state index in [2.05, 4.69) is 166 Å². The van der Waals surface area contributed by atoms with Crippen LogP contribution in [0.4, 0.5) is 0 Å². The fraction of sp³-hybridized carbons (Fsp3) is 0.364. The number of hydrogen-bond acceptors (Lipinski definition) is 0. The zero-order valence-electron chi connectivity index (χ0n) is 30.8. The molecule has 0 heterocycles. The molecule has 0 bridgehead atoms. The monoisotopic (exact) mass is 769 g/mol. The number of allylic oxidation sites excluding steroid dienone is 2. The van der Waals surface area contributed by atoms with Crippen molar-refractivity contribution in [2.45, 2.75) is 94.0 Å². The predicted octanol–water partition coefficient (Wildman–Crippen LogP) is 14.0. The molecule has 48 heavy (non-hydrogen) atoms. The zero-order chi connectivity index (χ0) is 34.9. The molecule has 4 heteroatoms. The summed E-state index contributed by atoms with van der Waals surface area (Å²) in [7, 11) is 17.4. The molecule has 4 aromatic carbocycles. The van der Waals surface area contributed by atoms with Crippen molar-refractivity contribution in [3.8, 4) is 22.3 Å². The van der Waals surface area contributed by atoms with Gasteiger partial charge in [0.25, 0.3) is 0 Å². The van der Waals surface area contributed by atoms with Gasteiger partial charge in [0.15, 0.2) is 0 Å². The second kappa shape index (κ2) is 12.7. The standard InChI is InChI=1S/C22H25.C20H21.C2H7Si.2ClH.Zr/c1-15(2)18-13-17-7-6-8-20(21(17)14-18)16-9-11-19(12-10-16)22(3,4)5;1-13(2)16-6-8-17(9-7-16)18-10-5-15(4)19-11-14(3)12-20(18)19;1-3-2;;;/h6-15H,1-5H3;5-13H,1-4H3;3H,1-2H3;2*1H;/q;;;;;+2/p-2. The molecule has 0 N–H and O–H groups in total. The van der Waals surface area contributed by atoms with Crippen molar-refractivity contribution in [1.82, 2.24) is 0 Å². The van der Waals surface area contributed by atoms with Gasteiger partial charge in [-0.15, -0.1) is 0 Å². The summed E-state index contributed by atoms with van der Waals surface area (Å²) in [5, 5.41) is 0. The molecule has 2 aliphatic rings. The van der Waals surface area contributed by atoms with Gasteiger partial charge >= 0.3 is 302 Å². The van der Waals surface area contributed by atoms with Gasteiger partial charge in [-0.1, -0.05) is 0 Å². The van der Waals surface area contributed by atoms with Crippen LogP contribution in [0.3, 0.4) is 0 Å². The third-order valence-electron chi connectivity index (χ3n) is 11.5. The van der Waals surface area contributed by atoms with Crippen molar-refractivity contribution in [2.24, 2.45) is 5.92 Å². The topological polar surface area (TPSA) is 0 Å². The second-order valence-electron chi connectivity index (χ2n) is 16.6. The molecule has 2 unspecified atom stereocenters. The summed E-state index contributed by atoms with van der Waals surface area (Å²) in [6.45, 7) is 25.5. The Morgan fingerprint density at radius 2 is 1.25 bits per heavy atom. The van der Waals surface area contributed by atoms with Gasteiger partial charge in [-0.25, -0.2) is 0 Å². The van der Waals surface area contributed by atoms with Gasteiger partial charge in [0.2, 0.25) is 0 Å². The number of aryl methyl sites for hydroxylation is 1. The number of fused-ring (bicyclic) bond motifs is 2. The van der Waals surface area contributed by atoms with Crippen LogP contribution in [0.15, 0.2) is 90.0 Å². The van der Waals surface area contributed by atoms with Crippen molar-refractivity contribution in [3.05, 3.63) is 129 Å². The van der Waals surface area contributed by atoms with Crippen LogP contribution >= 0.6 is 17.0 Å². The molecular weight excluding hydrogens is 719 g/mol. The van der Waals surface area contributed by atoms with Crippen LogP contribution in [-0.4, -0.2) is 5.92 Å². The average Bonchev–Trinajstić information content (AvgIpc) is 3.61. The Hall–Kier alpha value is -1.96. The molecule has 6 rings (SSSR count). The summed E-state index contributed by atoms with van der Waals surface area (Å²) in [5.41, 5.74) is 17.4. The van der Waals surface area contributed by atoms with Crippen molar-refractivity contribution < 1.29 is 15.6 Å². The molecule has 2 aliphatic carbocycles. The number of rotatable bonds is 7. The molecule has 0 saturated heterocycles. The van der Waals surface area contributed by atoms with E-state index in [0.717, 1.165) is 0 Å². The minimum atomic E-state index is -4.85. The van der Waals surface area contributed by atoms with E-state index in [-0.39, 0.29) is 12.7 Å². The molecule has 4 aromatic rings. The first-order valence-electron chi connectivity index (χ1n) is 17.9.